The van der Waals surface area contributed by atoms with Crippen LogP contribution in [0.3, 0.4) is 0 Å². The zero-order chi connectivity index (χ0) is 24.4. The molecule has 0 aromatic heterocycles. The Kier molecular flexibility index (Phi) is 7.41. The van der Waals surface area contributed by atoms with Crippen LogP contribution in [0.4, 0.5) is 13.2 Å². The Morgan fingerprint density at radius 2 is 1.53 bits per heavy atom. The molecule has 0 unspecified atom stereocenters. The quantitative estimate of drug-likeness (QED) is 0.552. The van der Waals surface area contributed by atoms with Gasteiger partial charge in [0.05, 0.1) is 0 Å². The molecule has 2 fully saturated rings. The van der Waals surface area contributed by atoms with E-state index in [0.717, 1.165) is 48.9 Å². The van der Waals surface area contributed by atoms with Crippen LogP contribution in [0.25, 0.3) is 0 Å². The minimum absolute atomic E-state index is 0.0698. The van der Waals surface area contributed by atoms with Gasteiger partial charge in [0.2, 0.25) is 5.91 Å². The number of rotatable bonds is 6. The van der Waals surface area contributed by atoms with Crippen molar-refractivity contribution in [2.75, 3.05) is 19.6 Å². The van der Waals surface area contributed by atoms with Gasteiger partial charge in [-0.1, -0.05) is 12.8 Å². The van der Waals surface area contributed by atoms with E-state index >= 15 is 0 Å². The summed E-state index contributed by atoms with van der Waals surface area (Å²) >= 11 is 0. The van der Waals surface area contributed by atoms with Crippen LogP contribution in [-0.2, 0) is 17.8 Å². The van der Waals surface area contributed by atoms with Gasteiger partial charge in [0.15, 0.2) is 5.78 Å². The number of piperazine rings is 1. The lowest BCUT2D eigenvalue weighted by Crippen LogP contribution is -2.54. The molecule has 0 bridgehead atoms. The second-order valence-corrected chi connectivity index (χ2v) is 9.70. The third-order valence-electron chi connectivity index (χ3n) is 7.22. The van der Waals surface area contributed by atoms with Crippen molar-refractivity contribution >= 4 is 11.7 Å². The molecule has 0 N–H and O–H groups in total. The second kappa shape index (κ2) is 10.3. The Hall–Kier alpha value is -2.67. The molecule has 2 aromatic carbocycles. The highest BCUT2D eigenvalue weighted by molar-refractivity contribution is 5.97. The SMILES string of the molecule is Cc1c(CC(=O)c2cc(F)cc(F)c2)cc(F)cc1CN1CCN(C(=O)C2CCCC2)[C@@H](C)C1. The molecule has 0 spiro atoms. The summed E-state index contributed by atoms with van der Waals surface area (Å²) in [6.45, 7) is 6.46. The van der Waals surface area contributed by atoms with Crippen molar-refractivity contribution in [1.29, 1.82) is 0 Å². The van der Waals surface area contributed by atoms with Crippen molar-refractivity contribution in [2.45, 2.75) is 58.5 Å². The molecule has 4 rings (SSSR count). The average Bonchev–Trinajstić information content (AvgIpc) is 3.31. The van der Waals surface area contributed by atoms with E-state index in [1.54, 1.807) is 0 Å². The standard InChI is InChI=1S/C27H31F3N2O2/c1-17-15-31(7-8-32(17)27(34)19-5-3-4-6-19)16-22-12-23(28)9-20(18(22)2)13-26(33)21-10-24(29)14-25(30)11-21/h9-12,14,17,19H,3-8,13,15-16H2,1-2H3/t17-/m0/s1. The fraction of sp³-hybridized carbons (Fsp3) is 0.481. The lowest BCUT2D eigenvalue weighted by atomic mass is 9.95. The Morgan fingerprint density at radius 1 is 0.912 bits per heavy atom. The second-order valence-electron chi connectivity index (χ2n) is 9.70. The summed E-state index contributed by atoms with van der Waals surface area (Å²) < 4.78 is 41.5. The van der Waals surface area contributed by atoms with Crippen LogP contribution < -0.4 is 0 Å². The van der Waals surface area contributed by atoms with E-state index in [9.17, 15) is 22.8 Å². The maximum atomic E-state index is 14.5. The van der Waals surface area contributed by atoms with Crippen LogP contribution in [0.15, 0.2) is 30.3 Å². The van der Waals surface area contributed by atoms with Gasteiger partial charge in [-0.05, 0) is 67.6 Å². The van der Waals surface area contributed by atoms with Gasteiger partial charge < -0.3 is 4.90 Å². The molecule has 1 aliphatic carbocycles. The van der Waals surface area contributed by atoms with E-state index in [-0.39, 0.29) is 29.9 Å². The number of hydrogen-bond donors (Lipinski definition) is 0. The fourth-order valence-corrected chi connectivity index (χ4v) is 5.29. The van der Waals surface area contributed by atoms with E-state index < -0.39 is 23.2 Å². The van der Waals surface area contributed by atoms with Crippen molar-refractivity contribution in [3.8, 4) is 0 Å². The van der Waals surface area contributed by atoms with Gasteiger partial charge in [0, 0.05) is 56.2 Å². The molecule has 1 amide bonds. The highest BCUT2D eigenvalue weighted by atomic mass is 19.1. The maximum absolute atomic E-state index is 14.5. The Morgan fingerprint density at radius 3 is 2.18 bits per heavy atom. The van der Waals surface area contributed by atoms with E-state index in [0.29, 0.717) is 37.8 Å². The summed E-state index contributed by atoms with van der Waals surface area (Å²) in [7, 11) is 0. The third kappa shape index (κ3) is 5.52. The molecule has 7 heteroatoms. The lowest BCUT2D eigenvalue weighted by molar-refractivity contribution is -0.140. The molecule has 1 aliphatic heterocycles. The van der Waals surface area contributed by atoms with Crippen LogP contribution in [0, 0.1) is 30.3 Å². The van der Waals surface area contributed by atoms with Crippen LogP contribution in [-0.4, -0.2) is 47.2 Å². The van der Waals surface area contributed by atoms with E-state index in [4.69, 9.17) is 0 Å². The predicted octanol–water partition coefficient (Wildman–Crippen LogP) is 5.06. The molecule has 34 heavy (non-hydrogen) atoms. The summed E-state index contributed by atoms with van der Waals surface area (Å²) in [5.74, 6) is -2.13. The number of amides is 1. The molecule has 182 valence electrons. The van der Waals surface area contributed by atoms with Crippen molar-refractivity contribution in [3.63, 3.8) is 0 Å². The van der Waals surface area contributed by atoms with Crippen LogP contribution in [0.5, 0.6) is 0 Å². The molecular formula is C27H31F3N2O2. The monoisotopic (exact) mass is 472 g/mol. The van der Waals surface area contributed by atoms with E-state index in [1.807, 2.05) is 11.8 Å². The van der Waals surface area contributed by atoms with Gasteiger partial charge in [0.1, 0.15) is 17.5 Å². The number of ketones is 1. The number of hydrogen-bond acceptors (Lipinski definition) is 3. The van der Waals surface area contributed by atoms with Crippen LogP contribution in [0.1, 0.15) is 59.7 Å². The Balaban J connectivity index is 1.44. The van der Waals surface area contributed by atoms with E-state index in [2.05, 4.69) is 11.8 Å². The van der Waals surface area contributed by atoms with Crippen LogP contribution >= 0.6 is 0 Å². The topological polar surface area (TPSA) is 40.6 Å². The number of carbonyl (C=O) groups is 2. The van der Waals surface area contributed by atoms with Gasteiger partial charge in [-0.3, -0.25) is 14.5 Å². The van der Waals surface area contributed by atoms with Crippen molar-refractivity contribution < 1.29 is 22.8 Å². The normalized spacial score (nSPS) is 19.6. The highest BCUT2D eigenvalue weighted by Gasteiger charge is 2.33. The molecule has 0 radical (unpaired) electrons. The van der Waals surface area contributed by atoms with Gasteiger partial charge >= 0.3 is 0 Å². The van der Waals surface area contributed by atoms with Gasteiger partial charge in [-0.15, -0.1) is 0 Å². The number of Topliss-reactive ketones (excluding diaryl/α,β-unsaturated/α-hetero) is 1. The van der Waals surface area contributed by atoms with E-state index in [1.165, 1.54) is 12.1 Å². The molecule has 1 saturated carbocycles. The summed E-state index contributed by atoms with van der Waals surface area (Å²) in [4.78, 5) is 29.7. The van der Waals surface area contributed by atoms with Gasteiger partial charge in [-0.2, -0.15) is 0 Å². The number of nitrogens with zero attached hydrogens (tertiary/aromatic N) is 2. The predicted molar refractivity (Wildman–Crippen MR) is 124 cm³/mol. The number of halogens is 3. The van der Waals surface area contributed by atoms with Gasteiger partial charge in [0.25, 0.3) is 0 Å². The first kappa shape index (κ1) is 24.5. The first-order valence-electron chi connectivity index (χ1n) is 12.0. The first-order chi connectivity index (χ1) is 16.2. The maximum Gasteiger partial charge on any atom is 0.226 e. The first-order valence-corrected chi connectivity index (χ1v) is 12.0. The summed E-state index contributed by atoms with van der Waals surface area (Å²) in [5, 5.41) is 0. The number of carbonyl (C=O) groups excluding carboxylic acids is 2. The largest absolute Gasteiger partial charge is 0.337 e. The van der Waals surface area contributed by atoms with Crippen molar-refractivity contribution in [3.05, 3.63) is 70.0 Å². The smallest absolute Gasteiger partial charge is 0.226 e. The minimum atomic E-state index is -0.820. The summed E-state index contributed by atoms with van der Waals surface area (Å²) in [5.41, 5.74) is 2.01. The molecule has 1 saturated heterocycles. The highest BCUT2D eigenvalue weighted by Crippen LogP contribution is 2.28. The summed E-state index contributed by atoms with van der Waals surface area (Å²) in [6, 6.07) is 5.58. The average molecular weight is 473 g/mol. The molecule has 4 nitrogen and oxygen atoms in total. The number of benzene rings is 2. The lowest BCUT2D eigenvalue weighted by Gasteiger charge is -2.41. The van der Waals surface area contributed by atoms with Gasteiger partial charge in [-0.25, -0.2) is 13.2 Å². The third-order valence-corrected chi connectivity index (χ3v) is 7.22. The fourth-order valence-electron chi connectivity index (χ4n) is 5.29. The Bertz CT molecular complexity index is 1060. The van der Waals surface area contributed by atoms with Crippen LogP contribution in [0.2, 0.25) is 0 Å². The molecule has 1 heterocycles. The summed E-state index contributed by atoms with van der Waals surface area (Å²) in [6.07, 6.45) is 4.08. The van der Waals surface area contributed by atoms with Crippen molar-refractivity contribution in [2.24, 2.45) is 5.92 Å². The molecular weight excluding hydrogens is 441 g/mol. The molecule has 2 aromatic rings. The van der Waals surface area contributed by atoms with Crippen molar-refractivity contribution in [1.82, 2.24) is 9.80 Å². The molecule has 1 atom stereocenters. The Labute approximate surface area is 198 Å². The zero-order valence-electron chi connectivity index (χ0n) is 19.8. The molecule has 2 aliphatic rings. The zero-order valence-corrected chi connectivity index (χ0v) is 19.8. The minimum Gasteiger partial charge on any atom is -0.337 e.